The largest absolute Gasteiger partial charge is 0.497 e. The van der Waals surface area contributed by atoms with Crippen molar-refractivity contribution >= 4 is 33.3 Å². The number of aromatic nitrogens is 2. The first-order valence-electron chi connectivity index (χ1n) is 10.3. The molecule has 0 fully saturated rings. The molecule has 6 rings (SSSR count). The number of hydrogen-bond acceptors (Lipinski definition) is 4. The van der Waals surface area contributed by atoms with E-state index < -0.39 is 5.92 Å². The van der Waals surface area contributed by atoms with Crippen LogP contribution in [0.2, 0.25) is 0 Å². The number of hydrogen-bond donors (Lipinski definition) is 1. The molecule has 3 heterocycles. The summed E-state index contributed by atoms with van der Waals surface area (Å²) in [6.07, 6.45) is 0. The summed E-state index contributed by atoms with van der Waals surface area (Å²) in [6.45, 7) is 0. The van der Waals surface area contributed by atoms with E-state index in [0.717, 1.165) is 33.3 Å². The molecule has 0 saturated carbocycles. The molecule has 1 aliphatic heterocycles. The van der Waals surface area contributed by atoms with Gasteiger partial charge in [0.05, 0.1) is 35.7 Å². The highest BCUT2D eigenvalue weighted by Crippen LogP contribution is 2.44. The van der Waals surface area contributed by atoms with Gasteiger partial charge in [0.25, 0.3) is 5.56 Å². The van der Waals surface area contributed by atoms with Crippen molar-refractivity contribution in [3.05, 3.63) is 99.9 Å². The number of rotatable bonds is 2. The molecule has 1 unspecified atom stereocenters. The van der Waals surface area contributed by atoms with Crippen molar-refractivity contribution in [1.82, 2.24) is 8.97 Å². The predicted molar refractivity (Wildman–Crippen MR) is 125 cm³/mol. The molecule has 2 N–H and O–H groups in total. The second kappa shape index (κ2) is 6.50. The summed E-state index contributed by atoms with van der Waals surface area (Å²) in [5.74, 6) is 0.658. The van der Waals surface area contributed by atoms with Gasteiger partial charge in [0.1, 0.15) is 17.2 Å². The summed E-state index contributed by atoms with van der Waals surface area (Å²) in [4.78, 5) is 13.6. The van der Waals surface area contributed by atoms with Gasteiger partial charge in [-0.2, -0.15) is 5.26 Å². The molecule has 1 atom stereocenters. The van der Waals surface area contributed by atoms with Crippen molar-refractivity contribution in [2.75, 3.05) is 7.11 Å². The van der Waals surface area contributed by atoms with Crippen LogP contribution < -0.4 is 16.0 Å². The Morgan fingerprint density at radius 3 is 2.28 bits per heavy atom. The molecule has 0 amide bonds. The topological polar surface area (TPSA) is 85.4 Å². The second-order valence-electron chi connectivity index (χ2n) is 7.86. The van der Waals surface area contributed by atoms with E-state index in [1.165, 1.54) is 0 Å². The predicted octanol–water partition coefficient (Wildman–Crippen LogP) is 4.21. The third-order valence-electron chi connectivity index (χ3n) is 6.34. The smallest absolute Gasteiger partial charge is 0.264 e. The Hall–Kier alpha value is -4.50. The summed E-state index contributed by atoms with van der Waals surface area (Å²) in [5, 5.41) is 11.6. The highest BCUT2D eigenvalue weighted by Gasteiger charge is 2.34. The highest BCUT2D eigenvalue weighted by atomic mass is 16.5. The maximum atomic E-state index is 13.6. The van der Waals surface area contributed by atoms with Gasteiger partial charge in [-0.3, -0.25) is 13.8 Å². The first-order chi connectivity index (χ1) is 15.7. The fraction of sp³-hybridized carbons (Fsp3) is 0.0769. The number of methoxy groups -OCH3 is 1. The average Bonchev–Trinajstić information content (AvgIpc) is 3.19. The number of ether oxygens (including phenoxy) is 1. The highest BCUT2D eigenvalue weighted by molar-refractivity contribution is 5.99. The number of imidazole rings is 1. The van der Waals surface area contributed by atoms with Gasteiger partial charge in [0.2, 0.25) is 0 Å². The number of allylic oxidation sites excluding steroid dienone is 1. The molecule has 3 aromatic carbocycles. The normalized spacial score (nSPS) is 15.4. The van der Waals surface area contributed by atoms with Crippen LogP contribution >= 0.6 is 0 Å². The van der Waals surface area contributed by atoms with Crippen LogP contribution in [0.15, 0.2) is 83.2 Å². The van der Waals surface area contributed by atoms with E-state index in [-0.39, 0.29) is 5.56 Å². The monoisotopic (exact) mass is 418 g/mol. The molecule has 6 nitrogen and oxygen atoms in total. The molecule has 0 saturated heterocycles. The van der Waals surface area contributed by atoms with Crippen LogP contribution in [-0.4, -0.2) is 16.1 Å². The standard InChI is InChI=1S/C26H18N4O2/c1-32-16-12-10-15(11-13-16)22-19(14-27)24(28)29-20-8-4-5-9-21(20)30-25(29)23(22)17-6-2-3-7-18(17)26(30)31/h2-13,22H,28H2,1H3. The molecule has 5 aromatic rings. The number of fused-ring (bicyclic) bond motifs is 5. The molecule has 2 aromatic heterocycles. The van der Waals surface area contributed by atoms with E-state index in [9.17, 15) is 10.1 Å². The molecule has 0 aliphatic carbocycles. The Morgan fingerprint density at radius 1 is 0.938 bits per heavy atom. The number of pyridine rings is 1. The Balaban J connectivity index is 1.88. The van der Waals surface area contributed by atoms with E-state index in [4.69, 9.17) is 10.5 Å². The lowest BCUT2D eigenvalue weighted by molar-refractivity contribution is 0.414. The third-order valence-corrected chi connectivity index (χ3v) is 6.34. The summed E-state index contributed by atoms with van der Waals surface area (Å²) in [7, 11) is 1.62. The molecule has 154 valence electrons. The van der Waals surface area contributed by atoms with Crippen molar-refractivity contribution in [1.29, 1.82) is 5.26 Å². The number of nitrogens with zero attached hydrogens (tertiary/aromatic N) is 3. The van der Waals surface area contributed by atoms with Crippen LogP contribution in [0.25, 0.3) is 33.3 Å². The number of nitrogens with two attached hydrogens (primary N) is 1. The van der Waals surface area contributed by atoms with Crippen LogP contribution in [0.4, 0.5) is 0 Å². The third kappa shape index (κ3) is 2.20. The van der Waals surface area contributed by atoms with Crippen LogP contribution in [-0.2, 0) is 0 Å². The Bertz CT molecular complexity index is 1700. The molecule has 6 heteroatoms. The number of para-hydroxylation sites is 2. The van der Waals surface area contributed by atoms with E-state index in [2.05, 4.69) is 6.07 Å². The first kappa shape index (κ1) is 18.3. The zero-order valence-corrected chi connectivity index (χ0v) is 17.2. The Morgan fingerprint density at radius 2 is 1.59 bits per heavy atom. The zero-order chi connectivity index (χ0) is 22.0. The van der Waals surface area contributed by atoms with Crippen LogP contribution in [0.5, 0.6) is 5.75 Å². The van der Waals surface area contributed by atoms with Crippen LogP contribution in [0.3, 0.4) is 0 Å². The molecule has 0 radical (unpaired) electrons. The summed E-state index contributed by atoms with van der Waals surface area (Å²) < 4.78 is 8.89. The van der Waals surface area contributed by atoms with Gasteiger partial charge in [-0.25, -0.2) is 0 Å². The van der Waals surface area contributed by atoms with Crippen molar-refractivity contribution in [3.8, 4) is 11.8 Å². The van der Waals surface area contributed by atoms with Gasteiger partial charge in [0, 0.05) is 10.9 Å². The maximum Gasteiger partial charge on any atom is 0.264 e. The molecular weight excluding hydrogens is 400 g/mol. The minimum atomic E-state index is -0.414. The molecule has 32 heavy (non-hydrogen) atoms. The minimum absolute atomic E-state index is 0.101. The van der Waals surface area contributed by atoms with Gasteiger partial charge < -0.3 is 10.5 Å². The van der Waals surface area contributed by atoms with Crippen molar-refractivity contribution in [3.63, 3.8) is 0 Å². The lowest BCUT2D eigenvalue weighted by Crippen LogP contribution is -2.24. The minimum Gasteiger partial charge on any atom is -0.497 e. The second-order valence-corrected chi connectivity index (χ2v) is 7.86. The van der Waals surface area contributed by atoms with E-state index >= 15 is 0 Å². The van der Waals surface area contributed by atoms with Gasteiger partial charge in [-0.1, -0.05) is 42.5 Å². The summed E-state index contributed by atoms with van der Waals surface area (Å²) in [6, 6.07) is 25.2. The summed E-state index contributed by atoms with van der Waals surface area (Å²) >= 11 is 0. The first-order valence-corrected chi connectivity index (χ1v) is 10.3. The Kier molecular flexibility index (Phi) is 3.71. The summed E-state index contributed by atoms with van der Waals surface area (Å²) in [5.41, 5.74) is 11.0. The number of benzene rings is 3. The quantitative estimate of drug-likeness (QED) is 0.465. The Labute approximate surface area is 183 Å². The average molecular weight is 418 g/mol. The van der Waals surface area contributed by atoms with Crippen molar-refractivity contribution in [2.24, 2.45) is 5.73 Å². The van der Waals surface area contributed by atoms with E-state index in [0.29, 0.717) is 22.4 Å². The van der Waals surface area contributed by atoms with Gasteiger partial charge in [-0.05, 0) is 41.3 Å². The molecule has 0 bridgehead atoms. The molecule has 0 spiro atoms. The maximum absolute atomic E-state index is 13.6. The van der Waals surface area contributed by atoms with Crippen molar-refractivity contribution < 1.29 is 4.74 Å². The lowest BCUT2D eigenvalue weighted by Gasteiger charge is -2.27. The van der Waals surface area contributed by atoms with Gasteiger partial charge >= 0.3 is 0 Å². The molecular formula is C26H18N4O2. The lowest BCUT2D eigenvalue weighted by atomic mass is 9.82. The van der Waals surface area contributed by atoms with Gasteiger partial charge in [0.15, 0.2) is 0 Å². The van der Waals surface area contributed by atoms with Crippen LogP contribution in [0.1, 0.15) is 17.0 Å². The van der Waals surface area contributed by atoms with Crippen LogP contribution in [0, 0.1) is 11.3 Å². The van der Waals surface area contributed by atoms with Gasteiger partial charge in [-0.15, -0.1) is 0 Å². The van der Waals surface area contributed by atoms with E-state index in [1.807, 2.05) is 77.4 Å². The van der Waals surface area contributed by atoms with Crippen molar-refractivity contribution in [2.45, 2.75) is 5.92 Å². The fourth-order valence-corrected chi connectivity index (χ4v) is 4.96. The molecule has 1 aliphatic rings. The SMILES string of the molecule is COc1ccc(C2C(C#N)=C(N)n3c4ccccc4n4c(=O)c5ccccc5c2c34)cc1. The fourth-order valence-electron chi connectivity index (χ4n) is 4.96. The van der Waals surface area contributed by atoms with E-state index in [1.54, 1.807) is 11.5 Å². The number of nitriles is 1. The zero-order valence-electron chi connectivity index (χ0n) is 17.2.